The second kappa shape index (κ2) is 6.39. The number of H-pyrrole nitrogens is 1. The third-order valence-corrected chi connectivity index (χ3v) is 3.59. The molecule has 1 aliphatic rings. The van der Waals surface area contributed by atoms with Gasteiger partial charge in [0.05, 0.1) is 11.7 Å². The van der Waals surface area contributed by atoms with Gasteiger partial charge in [-0.3, -0.25) is 9.89 Å². The zero-order valence-electron chi connectivity index (χ0n) is 11.8. The van der Waals surface area contributed by atoms with Crippen LogP contribution in [0.4, 0.5) is 0 Å². The number of halogens is 1. The fourth-order valence-electron chi connectivity index (χ4n) is 2.81. The lowest BCUT2D eigenvalue weighted by Gasteiger charge is -2.26. The van der Waals surface area contributed by atoms with Crippen molar-refractivity contribution >= 4 is 18.3 Å². The van der Waals surface area contributed by atoms with E-state index in [-0.39, 0.29) is 30.4 Å². The molecule has 0 radical (unpaired) electrons. The van der Waals surface area contributed by atoms with E-state index < -0.39 is 0 Å². The van der Waals surface area contributed by atoms with Gasteiger partial charge in [0, 0.05) is 30.3 Å². The van der Waals surface area contributed by atoms with E-state index in [2.05, 4.69) is 10.2 Å². The minimum atomic E-state index is -0.0784. The van der Waals surface area contributed by atoms with Crippen molar-refractivity contribution in [3.05, 3.63) is 17.0 Å². The van der Waals surface area contributed by atoms with Crippen molar-refractivity contribution in [3.63, 3.8) is 0 Å². The van der Waals surface area contributed by atoms with Gasteiger partial charge in [-0.05, 0) is 33.6 Å². The molecule has 0 spiro atoms. The third kappa shape index (κ3) is 3.28. The molecule has 1 amide bonds. The number of rotatable bonds is 3. The number of likely N-dealkylation sites (tertiary alicyclic amines) is 1. The molecule has 0 aliphatic carbocycles. The molecule has 2 heterocycles. The van der Waals surface area contributed by atoms with Crippen LogP contribution in [0.5, 0.6) is 0 Å². The van der Waals surface area contributed by atoms with Crippen molar-refractivity contribution in [1.82, 2.24) is 15.1 Å². The summed E-state index contributed by atoms with van der Waals surface area (Å²) in [6.45, 7) is 6.71. The molecule has 1 saturated heterocycles. The molecule has 1 aromatic heterocycles. The topological polar surface area (TPSA) is 75.0 Å². The fourth-order valence-corrected chi connectivity index (χ4v) is 2.81. The van der Waals surface area contributed by atoms with Crippen molar-refractivity contribution in [2.24, 2.45) is 5.73 Å². The van der Waals surface area contributed by atoms with Crippen LogP contribution in [0.1, 0.15) is 49.2 Å². The predicted molar refractivity (Wildman–Crippen MR) is 77.3 cm³/mol. The quantitative estimate of drug-likeness (QED) is 0.890. The molecule has 1 fully saturated rings. The first-order chi connectivity index (χ1) is 8.50. The number of aromatic nitrogens is 2. The summed E-state index contributed by atoms with van der Waals surface area (Å²) in [5.74, 6) is 0.160. The van der Waals surface area contributed by atoms with Gasteiger partial charge in [-0.25, -0.2) is 0 Å². The number of nitrogens with zero attached hydrogens (tertiary/aromatic N) is 2. The molecular weight excluding hydrogens is 264 g/mol. The van der Waals surface area contributed by atoms with E-state index in [1.165, 1.54) is 5.56 Å². The number of aromatic amines is 1. The molecule has 0 saturated carbocycles. The summed E-state index contributed by atoms with van der Waals surface area (Å²) in [7, 11) is 0. The Morgan fingerprint density at radius 3 is 2.79 bits per heavy atom. The van der Waals surface area contributed by atoms with E-state index >= 15 is 0 Å². The van der Waals surface area contributed by atoms with Gasteiger partial charge in [-0.15, -0.1) is 12.4 Å². The number of amides is 1. The van der Waals surface area contributed by atoms with E-state index in [0.29, 0.717) is 6.42 Å². The number of carbonyl (C=O) groups is 1. The Kier molecular flexibility index (Phi) is 5.38. The van der Waals surface area contributed by atoms with E-state index in [4.69, 9.17) is 5.73 Å². The van der Waals surface area contributed by atoms with Crippen LogP contribution in [0.3, 0.4) is 0 Å². The van der Waals surface area contributed by atoms with Gasteiger partial charge in [0.2, 0.25) is 5.91 Å². The lowest BCUT2D eigenvalue weighted by molar-refractivity contribution is -0.132. The third-order valence-electron chi connectivity index (χ3n) is 3.59. The summed E-state index contributed by atoms with van der Waals surface area (Å²) in [4.78, 5) is 14.2. The van der Waals surface area contributed by atoms with Crippen LogP contribution in [0, 0.1) is 13.8 Å². The van der Waals surface area contributed by atoms with Gasteiger partial charge >= 0.3 is 0 Å². The molecule has 2 rings (SSSR count). The first kappa shape index (κ1) is 16.0. The molecule has 6 heteroatoms. The lowest BCUT2D eigenvalue weighted by Crippen LogP contribution is -2.34. The predicted octanol–water partition coefficient (Wildman–Crippen LogP) is 1.85. The average molecular weight is 287 g/mol. The highest BCUT2D eigenvalue weighted by Crippen LogP contribution is 2.35. The van der Waals surface area contributed by atoms with Gasteiger partial charge in [-0.2, -0.15) is 5.10 Å². The molecule has 5 nitrogen and oxygen atoms in total. The number of nitrogens with one attached hydrogen (secondary N) is 1. The summed E-state index contributed by atoms with van der Waals surface area (Å²) >= 11 is 0. The Morgan fingerprint density at radius 2 is 2.26 bits per heavy atom. The van der Waals surface area contributed by atoms with Crippen molar-refractivity contribution in [2.45, 2.75) is 52.1 Å². The van der Waals surface area contributed by atoms with Crippen molar-refractivity contribution in [3.8, 4) is 0 Å². The highest BCUT2D eigenvalue weighted by atomic mass is 35.5. The number of aryl methyl sites for hydroxylation is 2. The van der Waals surface area contributed by atoms with Crippen molar-refractivity contribution in [1.29, 1.82) is 0 Å². The zero-order valence-corrected chi connectivity index (χ0v) is 12.6. The van der Waals surface area contributed by atoms with E-state index in [9.17, 15) is 4.79 Å². The van der Waals surface area contributed by atoms with Gasteiger partial charge < -0.3 is 10.6 Å². The number of nitrogens with two attached hydrogens (primary N) is 1. The second-order valence-corrected chi connectivity index (χ2v) is 5.27. The minimum Gasteiger partial charge on any atom is -0.335 e. The minimum absolute atomic E-state index is 0. The fraction of sp³-hybridized carbons (Fsp3) is 0.692. The van der Waals surface area contributed by atoms with E-state index in [1.807, 2.05) is 25.7 Å². The Bertz CT molecular complexity index is 424. The Balaban J connectivity index is 0.00000180. The Hall–Kier alpha value is -1.07. The molecule has 1 aliphatic heterocycles. The van der Waals surface area contributed by atoms with Crippen LogP contribution in [-0.2, 0) is 4.79 Å². The van der Waals surface area contributed by atoms with Gasteiger partial charge in [0.15, 0.2) is 0 Å². The molecule has 19 heavy (non-hydrogen) atoms. The number of hydrogen-bond donors (Lipinski definition) is 2. The van der Waals surface area contributed by atoms with Crippen LogP contribution in [0.15, 0.2) is 0 Å². The normalized spacial score (nSPS) is 20.2. The highest BCUT2D eigenvalue weighted by Gasteiger charge is 2.32. The van der Waals surface area contributed by atoms with Gasteiger partial charge in [-0.1, -0.05) is 0 Å². The largest absolute Gasteiger partial charge is 0.335 e. The number of carbonyl (C=O) groups excluding carboxylic acids is 1. The van der Waals surface area contributed by atoms with Crippen molar-refractivity contribution in [2.75, 3.05) is 6.54 Å². The molecule has 1 aromatic rings. The van der Waals surface area contributed by atoms with Crippen LogP contribution in [0.25, 0.3) is 0 Å². The van der Waals surface area contributed by atoms with Crippen LogP contribution in [0.2, 0.25) is 0 Å². The van der Waals surface area contributed by atoms with Crippen LogP contribution in [-0.4, -0.2) is 33.6 Å². The molecule has 108 valence electrons. The molecule has 0 aromatic carbocycles. The van der Waals surface area contributed by atoms with Gasteiger partial charge in [0.1, 0.15) is 0 Å². The molecule has 2 unspecified atom stereocenters. The van der Waals surface area contributed by atoms with Crippen LogP contribution < -0.4 is 5.73 Å². The van der Waals surface area contributed by atoms with E-state index in [1.54, 1.807) is 0 Å². The first-order valence-electron chi connectivity index (χ1n) is 6.57. The first-order valence-corrected chi connectivity index (χ1v) is 6.57. The molecular formula is C13H23ClN4O. The second-order valence-electron chi connectivity index (χ2n) is 5.27. The summed E-state index contributed by atoms with van der Waals surface area (Å²) < 4.78 is 0. The summed E-state index contributed by atoms with van der Waals surface area (Å²) in [6, 6.07) is 0.0975. The highest BCUT2D eigenvalue weighted by molar-refractivity contribution is 5.85. The smallest absolute Gasteiger partial charge is 0.224 e. The Morgan fingerprint density at radius 1 is 1.58 bits per heavy atom. The SMILES string of the molecule is Cc1n[nH]c(C)c1C1CCCN1C(=O)CC(C)N.Cl. The maximum atomic E-state index is 12.2. The maximum absolute atomic E-state index is 12.2. The standard InChI is InChI=1S/C13H22N4O.ClH/c1-8(14)7-12(18)17-6-4-5-11(17)13-9(2)15-16-10(13)3;/h8,11H,4-7,14H2,1-3H3,(H,15,16);1H. The molecule has 0 bridgehead atoms. The summed E-state index contributed by atoms with van der Waals surface area (Å²) in [5.41, 5.74) is 8.97. The van der Waals surface area contributed by atoms with Crippen LogP contribution >= 0.6 is 12.4 Å². The summed E-state index contributed by atoms with van der Waals surface area (Å²) in [5, 5.41) is 7.23. The van der Waals surface area contributed by atoms with E-state index in [0.717, 1.165) is 30.8 Å². The Labute approximate surface area is 120 Å². The molecule has 2 atom stereocenters. The summed E-state index contributed by atoms with van der Waals surface area (Å²) in [6.07, 6.45) is 2.50. The number of hydrogen-bond acceptors (Lipinski definition) is 3. The zero-order chi connectivity index (χ0) is 13.3. The average Bonchev–Trinajstić information content (AvgIpc) is 2.84. The maximum Gasteiger partial charge on any atom is 0.224 e. The van der Waals surface area contributed by atoms with Gasteiger partial charge in [0.25, 0.3) is 0 Å². The molecule has 3 N–H and O–H groups in total. The monoisotopic (exact) mass is 286 g/mol. The van der Waals surface area contributed by atoms with Crippen molar-refractivity contribution < 1.29 is 4.79 Å². The lowest BCUT2D eigenvalue weighted by atomic mass is 10.0.